The zero-order chi connectivity index (χ0) is 24.4. The second-order valence-electron chi connectivity index (χ2n) is 7.41. The molecule has 34 heavy (non-hydrogen) atoms. The lowest BCUT2D eigenvalue weighted by Crippen LogP contribution is -2.36. The van der Waals surface area contributed by atoms with Gasteiger partial charge in [-0.15, -0.1) is 0 Å². The van der Waals surface area contributed by atoms with Gasteiger partial charge in [0, 0.05) is 20.0 Å². The third-order valence-electron chi connectivity index (χ3n) is 4.89. The van der Waals surface area contributed by atoms with Crippen molar-refractivity contribution in [2.75, 3.05) is 16.1 Å². The summed E-state index contributed by atoms with van der Waals surface area (Å²) in [6.45, 7) is 1.90. The molecule has 10 heteroatoms. The Morgan fingerprint density at radius 2 is 1.59 bits per heavy atom. The van der Waals surface area contributed by atoms with E-state index < -0.39 is 23.5 Å². The first kappa shape index (κ1) is 23.7. The third kappa shape index (κ3) is 5.18. The number of carbonyl (C=O) groups excluding carboxylic acids is 3. The Hall–Kier alpha value is -3.50. The number of amides is 3. The van der Waals surface area contributed by atoms with Gasteiger partial charge < -0.3 is 10.6 Å². The van der Waals surface area contributed by atoms with Gasteiger partial charge in [-0.3, -0.25) is 19.8 Å². The molecule has 0 unspecified atom stereocenters. The van der Waals surface area contributed by atoms with Crippen molar-refractivity contribution in [2.24, 2.45) is 0 Å². The molecule has 0 aliphatic rings. The SMILES string of the molecule is Cc1ccc(NC(=O)C(=O)Nn2c(C(=O)Nc3ccc(F)cc3)cc3cc(Br)ccc32)c(Br)c1. The number of rotatable bonds is 4. The first-order chi connectivity index (χ1) is 16.2. The Morgan fingerprint density at radius 3 is 2.29 bits per heavy atom. The highest BCUT2D eigenvalue weighted by molar-refractivity contribution is 9.10. The third-order valence-corrected chi connectivity index (χ3v) is 6.04. The lowest BCUT2D eigenvalue weighted by molar-refractivity contribution is -0.133. The Morgan fingerprint density at radius 1 is 0.853 bits per heavy atom. The predicted octanol–water partition coefficient (Wildman–Crippen LogP) is 5.57. The summed E-state index contributed by atoms with van der Waals surface area (Å²) in [6.07, 6.45) is 0. The average Bonchev–Trinajstić information content (AvgIpc) is 3.14. The van der Waals surface area contributed by atoms with E-state index in [0.717, 1.165) is 10.0 Å². The van der Waals surface area contributed by atoms with E-state index in [1.807, 2.05) is 13.0 Å². The number of anilines is 2. The van der Waals surface area contributed by atoms with E-state index in [1.165, 1.54) is 28.9 Å². The zero-order valence-electron chi connectivity index (χ0n) is 17.7. The Balaban J connectivity index is 1.62. The van der Waals surface area contributed by atoms with E-state index in [4.69, 9.17) is 0 Å². The molecule has 0 saturated carbocycles. The number of aryl methyl sites for hydroxylation is 1. The van der Waals surface area contributed by atoms with Gasteiger partial charge in [-0.05, 0) is 89.1 Å². The maximum Gasteiger partial charge on any atom is 0.328 e. The van der Waals surface area contributed by atoms with E-state index in [0.29, 0.717) is 26.8 Å². The van der Waals surface area contributed by atoms with Crippen molar-refractivity contribution in [1.29, 1.82) is 0 Å². The van der Waals surface area contributed by atoms with Crippen LogP contribution in [0.1, 0.15) is 16.1 Å². The highest BCUT2D eigenvalue weighted by Gasteiger charge is 2.21. The van der Waals surface area contributed by atoms with Gasteiger partial charge in [0.1, 0.15) is 11.5 Å². The van der Waals surface area contributed by atoms with E-state index in [-0.39, 0.29) is 5.69 Å². The van der Waals surface area contributed by atoms with E-state index in [2.05, 4.69) is 47.9 Å². The van der Waals surface area contributed by atoms with Crippen LogP contribution >= 0.6 is 31.9 Å². The molecule has 0 atom stereocenters. The van der Waals surface area contributed by atoms with E-state index >= 15 is 0 Å². The number of nitrogens with one attached hydrogen (secondary N) is 3. The van der Waals surface area contributed by atoms with Crippen LogP contribution in [-0.4, -0.2) is 22.4 Å². The van der Waals surface area contributed by atoms with E-state index in [9.17, 15) is 18.8 Å². The second kappa shape index (κ2) is 9.78. The summed E-state index contributed by atoms with van der Waals surface area (Å²) in [5.41, 5.74) is 4.86. The van der Waals surface area contributed by atoms with Crippen LogP contribution in [0.2, 0.25) is 0 Å². The van der Waals surface area contributed by atoms with Gasteiger partial charge in [-0.1, -0.05) is 22.0 Å². The van der Waals surface area contributed by atoms with Crippen LogP contribution in [0.3, 0.4) is 0 Å². The number of halogens is 3. The first-order valence-electron chi connectivity index (χ1n) is 9.97. The van der Waals surface area contributed by atoms with Gasteiger partial charge in [0.2, 0.25) is 0 Å². The number of nitrogens with zero attached hydrogens (tertiary/aromatic N) is 1. The van der Waals surface area contributed by atoms with Gasteiger partial charge in [0.15, 0.2) is 0 Å². The molecule has 1 heterocycles. The van der Waals surface area contributed by atoms with Crippen molar-refractivity contribution in [1.82, 2.24) is 4.68 Å². The number of carbonyl (C=O) groups is 3. The highest BCUT2D eigenvalue weighted by atomic mass is 79.9. The number of benzene rings is 3. The Bertz CT molecular complexity index is 1430. The summed E-state index contributed by atoms with van der Waals surface area (Å²) in [7, 11) is 0. The van der Waals surface area contributed by atoms with Crippen molar-refractivity contribution >= 4 is 71.9 Å². The summed E-state index contributed by atoms with van der Waals surface area (Å²) in [6, 6.07) is 17.4. The van der Waals surface area contributed by atoms with Gasteiger partial charge in [-0.2, -0.15) is 0 Å². The molecule has 3 N–H and O–H groups in total. The molecule has 7 nitrogen and oxygen atoms in total. The topological polar surface area (TPSA) is 92.2 Å². The summed E-state index contributed by atoms with van der Waals surface area (Å²) >= 11 is 6.74. The molecule has 3 aromatic carbocycles. The molecule has 3 amide bonds. The number of hydrogen-bond acceptors (Lipinski definition) is 3. The predicted molar refractivity (Wildman–Crippen MR) is 136 cm³/mol. The fourth-order valence-electron chi connectivity index (χ4n) is 3.26. The Kier molecular flexibility index (Phi) is 6.80. The first-order valence-corrected chi connectivity index (χ1v) is 11.6. The quantitative estimate of drug-likeness (QED) is 0.272. The van der Waals surface area contributed by atoms with Gasteiger partial charge in [0.25, 0.3) is 5.91 Å². The standard InChI is InChI=1S/C24H17Br2FN4O3/c1-13-2-8-19(18(26)10-13)29-23(33)24(34)30-31-20-9-3-15(25)11-14(20)12-21(31)22(32)28-17-6-4-16(27)5-7-17/h2-12H,1H3,(H,28,32)(H,29,33)(H,30,34). The van der Waals surface area contributed by atoms with Crippen LogP contribution in [0, 0.1) is 12.7 Å². The van der Waals surface area contributed by atoms with Crippen molar-refractivity contribution in [3.63, 3.8) is 0 Å². The molecule has 1 aromatic heterocycles. The Labute approximate surface area is 210 Å². The van der Waals surface area contributed by atoms with Crippen molar-refractivity contribution in [3.05, 3.63) is 92.8 Å². The number of fused-ring (bicyclic) bond motifs is 1. The lowest BCUT2D eigenvalue weighted by atomic mass is 10.2. The maximum atomic E-state index is 13.2. The summed E-state index contributed by atoms with van der Waals surface area (Å²) < 4.78 is 15.8. The molecule has 0 spiro atoms. The number of aromatic nitrogens is 1. The molecule has 0 radical (unpaired) electrons. The van der Waals surface area contributed by atoms with Crippen LogP contribution in [0.4, 0.5) is 15.8 Å². The van der Waals surface area contributed by atoms with Gasteiger partial charge in [-0.25, -0.2) is 9.07 Å². The zero-order valence-corrected chi connectivity index (χ0v) is 20.8. The van der Waals surface area contributed by atoms with Crippen molar-refractivity contribution in [3.8, 4) is 0 Å². The second-order valence-corrected chi connectivity index (χ2v) is 9.18. The summed E-state index contributed by atoms with van der Waals surface area (Å²) in [5, 5.41) is 5.86. The molecular formula is C24H17Br2FN4O3. The molecule has 172 valence electrons. The van der Waals surface area contributed by atoms with Gasteiger partial charge >= 0.3 is 11.8 Å². The minimum absolute atomic E-state index is 0.0788. The van der Waals surface area contributed by atoms with Crippen LogP contribution in [0.25, 0.3) is 10.9 Å². The van der Waals surface area contributed by atoms with Crippen molar-refractivity contribution in [2.45, 2.75) is 6.92 Å². The van der Waals surface area contributed by atoms with Crippen LogP contribution in [0.5, 0.6) is 0 Å². The van der Waals surface area contributed by atoms with Crippen LogP contribution in [-0.2, 0) is 9.59 Å². The fourth-order valence-corrected chi connectivity index (χ4v) is 4.23. The molecule has 0 aliphatic heterocycles. The molecular weight excluding hydrogens is 571 g/mol. The van der Waals surface area contributed by atoms with Crippen LogP contribution < -0.4 is 16.1 Å². The summed E-state index contributed by atoms with van der Waals surface area (Å²) in [5.74, 6) is -2.87. The molecule has 4 aromatic rings. The average molecular weight is 588 g/mol. The smallest absolute Gasteiger partial charge is 0.321 e. The molecule has 0 bridgehead atoms. The van der Waals surface area contributed by atoms with E-state index in [1.54, 1.807) is 36.4 Å². The minimum Gasteiger partial charge on any atom is -0.321 e. The minimum atomic E-state index is -0.969. The normalized spacial score (nSPS) is 10.7. The maximum absolute atomic E-state index is 13.2. The monoisotopic (exact) mass is 586 g/mol. The largest absolute Gasteiger partial charge is 0.328 e. The molecule has 4 rings (SSSR count). The van der Waals surface area contributed by atoms with Crippen LogP contribution in [0.15, 0.2) is 75.7 Å². The highest BCUT2D eigenvalue weighted by Crippen LogP contribution is 2.25. The summed E-state index contributed by atoms with van der Waals surface area (Å²) in [4.78, 5) is 38.3. The molecule has 0 aliphatic carbocycles. The molecule has 0 fully saturated rings. The molecule has 0 saturated heterocycles. The van der Waals surface area contributed by atoms with Crippen molar-refractivity contribution < 1.29 is 18.8 Å². The van der Waals surface area contributed by atoms with Gasteiger partial charge in [0.05, 0.1) is 11.2 Å². The fraction of sp³-hybridized carbons (Fsp3) is 0.0417. The number of hydrogen-bond donors (Lipinski definition) is 3. The lowest BCUT2D eigenvalue weighted by Gasteiger charge is -2.13.